The number of carbonyl (C=O) groups is 1. The summed E-state index contributed by atoms with van der Waals surface area (Å²) in [6.45, 7) is 0. The van der Waals surface area contributed by atoms with E-state index in [1.807, 2.05) is 0 Å². The monoisotopic (exact) mass is 381 g/mol. The Morgan fingerprint density at radius 2 is 2.18 bits per heavy atom. The normalized spacial score (nSPS) is 10.7. The summed E-state index contributed by atoms with van der Waals surface area (Å²) in [6.07, 6.45) is 1.61. The van der Waals surface area contributed by atoms with Gasteiger partial charge in [-0.15, -0.1) is 5.10 Å². The van der Waals surface area contributed by atoms with Gasteiger partial charge < -0.3 is 4.42 Å². The maximum Gasteiger partial charge on any atom is 0.322 e. The summed E-state index contributed by atoms with van der Waals surface area (Å²) in [4.78, 5) is 12.2. The maximum atomic E-state index is 12.2. The fourth-order valence-electron chi connectivity index (χ4n) is 1.80. The largest absolute Gasteiger partial charge is 0.401 e. The van der Waals surface area contributed by atoms with Crippen molar-refractivity contribution in [1.82, 2.24) is 20.0 Å². The molecule has 0 aliphatic rings. The first-order chi connectivity index (χ1) is 10.5. The molecule has 0 aliphatic carbocycles. The summed E-state index contributed by atoms with van der Waals surface area (Å²) in [5.74, 6) is -0.179. The molecule has 1 aromatic carbocycles. The van der Waals surface area contributed by atoms with Crippen LogP contribution in [-0.2, 0) is 7.05 Å². The zero-order chi connectivity index (χ0) is 15.7. The van der Waals surface area contributed by atoms with E-state index in [0.29, 0.717) is 16.3 Å². The second-order valence-corrected chi connectivity index (χ2v) is 5.65. The summed E-state index contributed by atoms with van der Waals surface area (Å²) >= 11 is 9.29. The van der Waals surface area contributed by atoms with Gasteiger partial charge in [0.2, 0.25) is 0 Å². The summed E-state index contributed by atoms with van der Waals surface area (Å²) in [6, 6.07) is 6.68. The maximum absolute atomic E-state index is 12.2. The van der Waals surface area contributed by atoms with E-state index >= 15 is 0 Å². The van der Waals surface area contributed by atoms with Crippen LogP contribution in [0, 0.1) is 0 Å². The van der Waals surface area contributed by atoms with Crippen molar-refractivity contribution in [3.05, 3.63) is 45.5 Å². The Morgan fingerprint density at radius 3 is 2.91 bits per heavy atom. The third-order valence-corrected chi connectivity index (χ3v) is 3.68. The van der Waals surface area contributed by atoms with Crippen LogP contribution in [0.4, 0.5) is 6.01 Å². The molecule has 1 N–H and O–H groups in total. The van der Waals surface area contributed by atoms with Gasteiger partial charge in [-0.2, -0.15) is 5.10 Å². The molecule has 2 heterocycles. The number of aromatic nitrogens is 4. The molecule has 3 aromatic rings. The van der Waals surface area contributed by atoms with Crippen LogP contribution >= 0.6 is 27.5 Å². The van der Waals surface area contributed by atoms with Crippen LogP contribution in [0.1, 0.15) is 10.4 Å². The van der Waals surface area contributed by atoms with Crippen LogP contribution in [0.15, 0.2) is 39.4 Å². The lowest BCUT2D eigenvalue weighted by atomic mass is 10.2. The number of hydrogen-bond acceptors (Lipinski definition) is 5. The highest BCUT2D eigenvalue weighted by Crippen LogP contribution is 2.23. The van der Waals surface area contributed by atoms with Gasteiger partial charge in [0.15, 0.2) is 0 Å². The number of nitrogens with one attached hydrogen (secondary N) is 1. The number of hydrogen-bond donors (Lipinski definition) is 1. The summed E-state index contributed by atoms with van der Waals surface area (Å²) in [5, 5.41) is 14.5. The Labute approximate surface area is 138 Å². The lowest BCUT2D eigenvalue weighted by Crippen LogP contribution is -2.12. The minimum absolute atomic E-state index is 0.0164. The third kappa shape index (κ3) is 2.88. The van der Waals surface area contributed by atoms with Gasteiger partial charge in [-0.1, -0.05) is 32.6 Å². The molecule has 0 atom stereocenters. The Bertz CT molecular complexity index is 845. The Hall–Kier alpha value is -2.19. The summed E-state index contributed by atoms with van der Waals surface area (Å²) in [7, 11) is 1.75. The van der Waals surface area contributed by atoms with Crippen LogP contribution in [0.3, 0.4) is 0 Å². The average Bonchev–Trinajstić information content (AvgIpc) is 3.10. The Balaban J connectivity index is 1.82. The van der Waals surface area contributed by atoms with Crippen molar-refractivity contribution in [2.75, 3.05) is 5.32 Å². The first-order valence-corrected chi connectivity index (χ1v) is 7.30. The molecular weight excluding hydrogens is 374 g/mol. The van der Waals surface area contributed by atoms with Crippen molar-refractivity contribution >= 4 is 39.5 Å². The predicted molar refractivity (Wildman–Crippen MR) is 83.6 cm³/mol. The highest BCUT2D eigenvalue weighted by molar-refractivity contribution is 9.10. The van der Waals surface area contributed by atoms with Gasteiger partial charge in [-0.25, -0.2) is 0 Å². The summed E-state index contributed by atoms with van der Waals surface area (Å²) in [5.41, 5.74) is 0.949. The molecule has 22 heavy (non-hydrogen) atoms. The van der Waals surface area contributed by atoms with Crippen LogP contribution in [-0.4, -0.2) is 25.9 Å². The van der Waals surface area contributed by atoms with Crippen molar-refractivity contribution in [1.29, 1.82) is 0 Å². The lowest BCUT2D eigenvalue weighted by molar-refractivity contribution is 0.102. The van der Waals surface area contributed by atoms with Gasteiger partial charge in [-0.05, 0) is 24.3 Å². The number of aryl methyl sites for hydroxylation is 1. The second kappa shape index (κ2) is 5.90. The average molecular weight is 383 g/mol. The smallest absolute Gasteiger partial charge is 0.322 e. The predicted octanol–water partition coefficient (Wildman–Crippen LogP) is 3.14. The minimum Gasteiger partial charge on any atom is -0.401 e. The van der Waals surface area contributed by atoms with E-state index in [4.69, 9.17) is 16.0 Å². The molecule has 0 saturated carbocycles. The molecule has 0 fully saturated rings. The lowest BCUT2D eigenvalue weighted by Gasteiger charge is -2.03. The topological polar surface area (TPSA) is 85.8 Å². The zero-order valence-corrected chi connectivity index (χ0v) is 13.6. The molecule has 112 valence electrons. The van der Waals surface area contributed by atoms with E-state index in [-0.39, 0.29) is 11.9 Å². The number of anilines is 1. The Kier molecular flexibility index (Phi) is 3.95. The van der Waals surface area contributed by atoms with Crippen LogP contribution < -0.4 is 5.32 Å². The van der Waals surface area contributed by atoms with Gasteiger partial charge in [0, 0.05) is 17.7 Å². The molecule has 2 aromatic heterocycles. The van der Waals surface area contributed by atoms with Crippen molar-refractivity contribution in [2.24, 2.45) is 7.05 Å². The molecule has 0 radical (unpaired) electrons. The van der Waals surface area contributed by atoms with Crippen molar-refractivity contribution in [3.63, 3.8) is 0 Å². The fraction of sp³-hybridized carbons (Fsp3) is 0.0769. The van der Waals surface area contributed by atoms with Crippen molar-refractivity contribution < 1.29 is 9.21 Å². The van der Waals surface area contributed by atoms with E-state index < -0.39 is 5.91 Å². The zero-order valence-electron chi connectivity index (χ0n) is 11.2. The fourth-order valence-corrected chi connectivity index (χ4v) is 2.36. The van der Waals surface area contributed by atoms with Gasteiger partial charge in [0.25, 0.3) is 11.8 Å². The van der Waals surface area contributed by atoms with Gasteiger partial charge in [-0.3, -0.25) is 14.8 Å². The third-order valence-electron chi connectivity index (χ3n) is 2.86. The second-order valence-electron chi connectivity index (χ2n) is 4.33. The number of nitrogens with zero attached hydrogens (tertiary/aromatic N) is 4. The number of benzene rings is 1. The van der Waals surface area contributed by atoms with E-state index in [1.54, 1.807) is 42.2 Å². The quantitative estimate of drug-likeness (QED) is 0.752. The van der Waals surface area contributed by atoms with E-state index in [9.17, 15) is 4.79 Å². The number of carbonyl (C=O) groups excluding carboxylic acids is 1. The minimum atomic E-state index is -0.438. The number of halogens is 2. The van der Waals surface area contributed by atoms with Gasteiger partial charge in [0.05, 0.1) is 10.6 Å². The highest BCUT2D eigenvalue weighted by atomic mass is 79.9. The highest BCUT2D eigenvalue weighted by Gasteiger charge is 2.16. The first kappa shape index (κ1) is 14.7. The van der Waals surface area contributed by atoms with E-state index in [2.05, 4.69) is 36.5 Å². The summed E-state index contributed by atoms with van der Waals surface area (Å²) < 4.78 is 7.73. The molecule has 0 aliphatic heterocycles. The van der Waals surface area contributed by atoms with Crippen LogP contribution in [0.25, 0.3) is 11.6 Å². The molecular formula is C13H9BrClN5O2. The van der Waals surface area contributed by atoms with Crippen LogP contribution in [0.5, 0.6) is 0 Å². The number of amides is 1. The van der Waals surface area contributed by atoms with E-state index in [1.165, 1.54) is 0 Å². The molecule has 0 saturated heterocycles. The number of rotatable bonds is 3. The molecule has 0 bridgehead atoms. The van der Waals surface area contributed by atoms with Crippen LogP contribution in [0.2, 0.25) is 5.02 Å². The molecule has 0 spiro atoms. The SMILES string of the molecule is Cn1nccc1-c1nnc(NC(=O)c2cc(Br)ccc2Cl)o1. The van der Waals surface area contributed by atoms with Crippen molar-refractivity contribution in [2.45, 2.75) is 0 Å². The van der Waals surface area contributed by atoms with Gasteiger partial charge >= 0.3 is 6.01 Å². The molecule has 0 unspecified atom stereocenters. The molecule has 9 heteroatoms. The van der Waals surface area contributed by atoms with E-state index in [0.717, 1.165) is 4.47 Å². The molecule has 3 rings (SSSR count). The Morgan fingerprint density at radius 1 is 1.36 bits per heavy atom. The van der Waals surface area contributed by atoms with Gasteiger partial charge in [0.1, 0.15) is 5.69 Å². The standard InChI is InChI=1S/C13H9BrClN5O2/c1-20-10(4-5-16-20)12-18-19-13(22-12)17-11(21)8-6-7(14)2-3-9(8)15/h2-6H,1H3,(H,17,19,21). The van der Waals surface area contributed by atoms with Crippen molar-refractivity contribution in [3.8, 4) is 11.6 Å². The molecule has 7 nitrogen and oxygen atoms in total. The molecule has 1 amide bonds. The first-order valence-electron chi connectivity index (χ1n) is 6.13.